The fourth-order valence-electron chi connectivity index (χ4n) is 2.47. The van der Waals surface area contributed by atoms with Crippen molar-refractivity contribution in [1.29, 1.82) is 0 Å². The van der Waals surface area contributed by atoms with Gasteiger partial charge < -0.3 is 4.90 Å². The van der Waals surface area contributed by atoms with Crippen LogP contribution >= 0.6 is 22.9 Å². The Labute approximate surface area is 127 Å². The molecule has 3 nitrogen and oxygen atoms in total. The minimum absolute atomic E-state index is 0.00534. The highest BCUT2D eigenvalue weighted by Crippen LogP contribution is 2.24. The third kappa shape index (κ3) is 2.72. The summed E-state index contributed by atoms with van der Waals surface area (Å²) in [6.45, 7) is 1.89. The second-order valence-corrected chi connectivity index (χ2v) is 5.93. The first-order valence-corrected chi connectivity index (χ1v) is 8.06. The van der Waals surface area contributed by atoms with Gasteiger partial charge in [-0.2, -0.15) is 0 Å². The number of carbonyl (C=O) groups excluding carboxylic acids is 1. The number of fused-ring (bicyclic) bond motifs is 1. The Bertz CT molecular complexity index is 599. The van der Waals surface area contributed by atoms with Gasteiger partial charge in [-0.1, -0.05) is 24.3 Å². The largest absolute Gasteiger partial charge is 0.347 e. The predicted molar refractivity (Wildman–Crippen MR) is 83.2 cm³/mol. The topological polar surface area (TPSA) is 33.2 Å². The summed E-state index contributed by atoms with van der Waals surface area (Å²) >= 11 is 7.09. The van der Waals surface area contributed by atoms with Gasteiger partial charge in [0.15, 0.2) is 10.9 Å². The number of aromatic nitrogens is 1. The Kier molecular flexibility index (Phi) is 4.03. The van der Waals surface area contributed by atoms with Crippen molar-refractivity contribution in [2.75, 3.05) is 23.9 Å². The highest BCUT2D eigenvalue weighted by Gasteiger charge is 2.18. The average Bonchev–Trinajstić information content (AvgIpc) is 2.87. The van der Waals surface area contributed by atoms with Crippen LogP contribution < -0.4 is 4.90 Å². The Morgan fingerprint density at radius 1 is 1.25 bits per heavy atom. The monoisotopic (exact) mass is 306 g/mol. The molecule has 0 unspecified atom stereocenters. The molecular weight excluding hydrogens is 292 g/mol. The van der Waals surface area contributed by atoms with Crippen LogP contribution in [0.3, 0.4) is 0 Å². The van der Waals surface area contributed by atoms with Crippen LogP contribution in [0.5, 0.6) is 0 Å². The van der Waals surface area contributed by atoms with Gasteiger partial charge in [0.05, 0.1) is 5.88 Å². The van der Waals surface area contributed by atoms with Crippen molar-refractivity contribution in [2.24, 2.45) is 0 Å². The van der Waals surface area contributed by atoms with Gasteiger partial charge >= 0.3 is 0 Å². The lowest BCUT2D eigenvalue weighted by molar-refractivity contribution is 0.101. The van der Waals surface area contributed by atoms with E-state index in [4.69, 9.17) is 11.6 Å². The Morgan fingerprint density at radius 3 is 2.50 bits per heavy atom. The molecule has 0 N–H and O–H groups in total. The fraction of sp³-hybridized carbons (Fsp3) is 0.333. The second-order valence-electron chi connectivity index (χ2n) is 4.83. The summed E-state index contributed by atoms with van der Waals surface area (Å²) in [6, 6.07) is 8.58. The van der Waals surface area contributed by atoms with E-state index in [1.165, 1.54) is 22.5 Å². The first-order chi connectivity index (χ1) is 9.78. The molecule has 0 saturated heterocycles. The number of carbonyl (C=O) groups is 1. The molecule has 20 heavy (non-hydrogen) atoms. The van der Waals surface area contributed by atoms with Gasteiger partial charge in [0.1, 0.15) is 5.69 Å². The summed E-state index contributed by atoms with van der Waals surface area (Å²) < 4.78 is 0. The van der Waals surface area contributed by atoms with Crippen molar-refractivity contribution in [3.63, 3.8) is 0 Å². The number of rotatable bonds is 3. The summed E-state index contributed by atoms with van der Waals surface area (Å²) in [6.07, 6.45) is 2.04. The van der Waals surface area contributed by atoms with Gasteiger partial charge in [-0.15, -0.1) is 22.9 Å². The van der Waals surface area contributed by atoms with E-state index >= 15 is 0 Å². The van der Waals surface area contributed by atoms with E-state index in [0.717, 1.165) is 31.1 Å². The molecule has 1 aromatic carbocycles. The minimum Gasteiger partial charge on any atom is -0.347 e. The highest BCUT2D eigenvalue weighted by molar-refractivity contribution is 7.14. The summed E-state index contributed by atoms with van der Waals surface area (Å²) in [4.78, 5) is 18.2. The SMILES string of the molecule is O=C(CCl)c1csc(N2CCc3ccccc3CC2)n1. The van der Waals surface area contributed by atoms with Crippen LogP contribution in [0.2, 0.25) is 0 Å². The normalized spacial score (nSPS) is 14.8. The van der Waals surface area contributed by atoms with Crippen LogP contribution in [-0.2, 0) is 12.8 Å². The van der Waals surface area contributed by atoms with E-state index in [1.54, 1.807) is 5.38 Å². The number of thiazole rings is 1. The fourth-order valence-corrected chi connectivity index (χ4v) is 3.49. The molecule has 1 aromatic heterocycles. The Hall–Kier alpha value is -1.39. The van der Waals surface area contributed by atoms with Gasteiger partial charge in [-0.3, -0.25) is 4.79 Å². The number of hydrogen-bond donors (Lipinski definition) is 0. The Morgan fingerprint density at radius 2 is 1.90 bits per heavy atom. The van der Waals surface area contributed by atoms with Crippen molar-refractivity contribution in [2.45, 2.75) is 12.8 Å². The minimum atomic E-state index is -0.104. The van der Waals surface area contributed by atoms with Gasteiger partial charge in [-0.05, 0) is 24.0 Å². The maximum absolute atomic E-state index is 11.5. The molecule has 0 spiro atoms. The van der Waals surface area contributed by atoms with Crippen molar-refractivity contribution in [3.8, 4) is 0 Å². The molecule has 1 aliphatic rings. The molecular formula is C15H15ClN2OS. The predicted octanol–water partition coefficient (Wildman–Crippen LogP) is 3.17. The molecule has 0 fully saturated rings. The van der Waals surface area contributed by atoms with Gasteiger partial charge in [0, 0.05) is 18.5 Å². The zero-order valence-electron chi connectivity index (χ0n) is 11.0. The maximum atomic E-state index is 11.5. The van der Waals surface area contributed by atoms with E-state index < -0.39 is 0 Å². The summed E-state index contributed by atoms with van der Waals surface area (Å²) in [7, 11) is 0. The molecule has 2 heterocycles. The van der Waals surface area contributed by atoms with Crippen molar-refractivity contribution in [3.05, 3.63) is 46.5 Å². The molecule has 0 radical (unpaired) electrons. The number of Topliss-reactive ketones (excluding diaryl/α,β-unsaturated/α-hetero) is 1. The molecule has 3 rings (SSSR count). The molecule has 104 valence electrons. The summed E-state index contributed by atoms with van der Waals surface area (Å²) in [5.74, 6) is -0.110. The van der Waals surface area contributed by atoms with Gasteiger partial charge in [0.25, 0.3) is 0 Å². The molecule has 5 heteroatoms. The maximum Gasteiger partial charge on any atom is 0.196 e. The van der Waals surface area contributed by atoms with Crippen LogP contribution in [0.4, 0.5) is 5.13 Å². The van der Waals surface area contributed by atoms with E-state index in [9.17, 15) is 4.79 Å². The number of halogens is 1. The standard InChI is InChI=1S/C15H15ClN2OS/c16-9-14(19)13-10-20-15(17-13)18-7-5-11-3-1-2-4-12(11)6-8-18/h1-4,10H,5-9H2. The molecule has 0 aliphatic carbocycles. The van der Waals surface area contributed by atoms with E-state index in [2.05, 4.69) is 34.1 Å². The number of alkyl halides is 1. The van der Waals surface area contributed by atoms with E-state index in [-0.39, 0.29) is 11.7 Å². The Balaban J connectivity index is 1.77. The first-order valence-electron chi connectivity index (χ1n) is 6.64. The third-order valence-electron chi connectivity index (χ3n) is 3.59. The zero-order chi connectivity index (χ0) is 13.9. The first kappa shape index (κ1) is 13.6. The quantitative estimate of drug-likeness (QED) is 0.645. The van der Waals surface area contributed by atoms with Gasteiger partial charge in [0.2, 0.25) is 0 Å². The smallest absolute Gasteiger partial charge is 0.196 e. The van der Waals surface area contributed by atoms with Crippen molar-refractivity contribution >= 4 is 33.9 Å². The average molecular weight is 307 g/mol. The number of nitrogens with zero attached hydrogens (tertiary/aromatic N) is 2. The number of ketones is 1. The molecule has 0 atom stereocenters. The molecule has 0 bridgehead atoms. The highest BCUT2D eigenvalue weighted by atomic mass is 35.5. The zero-order valence-corrected chi connectivity index (χ0v) is 12.6. The van der Waals surface area contributed by atoms with Crippen LogP contribution in [-0.4, -0.2) is 29.7 Å². The van der Waals surface area contributed by atoms with Crippen LogP contribution in [0.15, 0.2) is 29.6 Å². The lowest BCUT2D eigenvalue weighted by Gasteiger charge is -2.18. The van der Waals surface area contributed by atoms with Crippen LogP contribution in [0.1, 0.15) is 21.6 Å². The molecule has 0 amide bonds. The van der Waals surface area contributed by atoms with Crippen LogP contribution in [0, 0.1) is 0 Å². The number of benzene rings is 1. The van der Waals surface area contributed by atoms with Crippen molar-refractivity contribution in [1.82, 2.24) is 4.98 Å². The van der Waals surface area contributed by atoms with Crippen LogP contribution in [0.25, 0.3) is 0 Å². The molecule has 1 aliphatic heterocycles. The van der Waals surface area contributed by atoms with Crippen molar-refractivity contribution < 1.29 is 4.79 Å². The molecule has 2 aromatic rings. The van der Waals surface area contributed by atoms with E-state index in [1.807, 2.05) is 0 Å². The number of hydrogen-bond acceptors (Lipinski definition) is 4. The lowest BCUT2D eigenvalue weighted by atomic mass is 10.0. The summed E-state index contributed by atoms with van der Waals surface area (Å²) in [5.41, 5.74) is 3.33. The lowest BCUT2D eigenvalue weighted by Crippen LogP contribution is -2.25. The molecule has 0 saturated carbocycles. The summed E-state index contributed by atoms with van der Waals surface area (Å²) in [5, 5.41) is 2.73. The second kappa shape index (κ2) is 5.94. The van der Waals surface area contributed by atoms with Gasteiger partial charge in [-0.25, -0.2) is 4.98 Å². The number of anilines is 1. The third-order valence-corrected chi connectivity index (χ3v) is 4.73. The van der Waals surface area contributed by atoms with E-state index in [0.29, 0.717) is 5.69 Å².